The number of hydrogen-bond donors (Lipinski definition) is 1. The largest absolute Gasteiger partial charge is 0.507 e. The Morgan fingerprint density at radius 2 is 1.76 bits per heavy atom. The molecule has 3 fully saturated rings. The van der Waals surface area contributed by atoms with Crippen LogP contribution in [0.15, 0.2) is 91.0 Å². The minimum absolute atomic E-state index is 0.000830. The smallest absolute Gasteiger partial charge is 0.241 e. The van der Waals surface area contributed by atoms with Gasteiger partial charge in [0.2, 0.25) is 23.6 Å². The van der Waals surface area contributed by atoms with E-state index in [-0.39, 0.29) is 41.2 Å². The zero-order valence-corrected chi connectivity index (χ0v) is 25.9. The zero-order chi connectivity index (χ0) is 32.5. The highest BCUT2D eigenvalue weighted by Gasteiger charge is 2.68. The lowest BCUT2D eigenvalue weighted by Gasteiger charge is -2.49. The van der Waals surface area contributed by atoms with Crippen LogP contribution in [-0.2, 0) is 32.1 Å². The minimum atomic E-state index is -1.35. The highest BCUT2D eigenvalue weighted by Crippen LogP contribution is 2.64. The molecule has 6 atom stereocenters. The van der Waals surface area contributed by atoms with E-state index in [0.29, 0.717) is 24.0 Å². The fourth-order valence-electron chi connectivity index (χ4n) is 8.38. The molecule has 3 aromatic carbocycles. The number of halogens is 2. The third-order valence-corrected chi connectivity index (χ3v) is 10.8. The van der Waals surface area contributed by atoms with Crippen LogP contribution in [0.25, 0.3) is 0 Å². The van der Waals surface area contributed by atoms with Gasteiger partial charge in [-0.1, -0.05) is 77.9 Å². The van der Waals surface area contributed by atoms with Crippen molar-refractivity contribution in [1.29, 1.82) is 0 Å². The zero-order valence-electron chi connectivity index (χ0n) is 25.2. The van der Waals surface area contributed by atoms with E-state index in [1.165, 1.54) is 17.0 Å². The van der Waals surface area contributed by atoms with Crippen LogP contribution in [0, 0.1) is 34.9 Å². The van der Waals surface area contributed by atoms with Crippen LogP contribution in [0.1, 0.15) is 42.4 Å². The second-order valence-corrected chi connectivity index (χ2v) is 13.3. The van der Waals surface area contributed by atoms with E-state index in [1.54, 1.807) is 31.2 Å². The molecule has 2 saturated heterocycles. The van der Waals surface area contributed by atoms with E-state index < -0.39 is 52.6 Å². The Morgan fingerprint density at radius 1 is 1.00 bits per heavy atom. The average Bonchev–Trinajstić information content (AvgIpc) is 3.40. The number of phenolic OH excluding ortho intramolecular Hbond substituents is 1. The normalized spacial score (nSPS) is 28.6. The maximum Gasteiger partial charge on any atom is 0.241 e. The summed E-state index contributed by atoms with van der Waals surface area (Å²) in [5.74, 6) is -5.67. The van der Waals surface area contributed by atoms with Gasteiger partial charge in [-0.25, -0.2) is 9.29 Å². The van der Waals surface area contributed by atoms with Crippen molar-refractivity contribution in [2.45, 2.75) is 38.6 Å². The molecular formula is C37H32ClFN2O5. The number of imide groups is 2. The number of amides is 4. The number of hydrogen-bond acceptors (Lipinski definition) is 5. The summed E-state index contributed by atoms with van der Waals surface area (Å²) in [6.07, 6.45) is 4.47. The fourth-order valence-corrected chi connectivity index (χ4v) is 8.56. The summed E-state index contributed by atoms with van der Waals surface area (Å²) < 4.78 is 14.1. The number of aromatic hydroxyl groups is 1. The predicted octanol–water partition coefficient (Wildman–Crippen LogP) is 6.34. The molecule has 46 heavy (non-hydrogen) atoms. The first kappa shape index (κ1) is 30.1. The number of benzene rings is 3. The Bertz CT molecular complexity index is 1860. The summed E-state index contributed by atoms with van der Waals surface area (Å²) >= 11 is 6.08. The lowest BCUT2D eigenvalue weighted by molar-refractivity contribution is -0.141. The maximum atomic E-state index is 14.6. The van der Waals surface area contributed by atoms with Crippen molar-refractivity contribution in [3.8, 4) is 5.75 Å². The van der Waals surface area contributed by atoms with Crippen LogP contribution < -0.4 is 4.90 Å². The molecule has 4 amide bonds. The van der Waals surface area contributed by atoms with Crippen molar-refractivity contribution in [2.75, 3.05) is 4.90 Å². The van der Waals surface area contributed by atoms with E-state index in [4.69, 9.17) is 11.6 Å². The molecule has 1 saturated carbocycles. The summed E-state index contributed by atoms with van der Waals surface area (Å²) in [6.45, 7) is 5.69. The number of carbonyl (C=O) groups excluding carboxylic acids is 4. The molecule has 2 aliphatic carbocycles. The Hall–Kier alpha value is -4.56. The first-order valence-corrected chi connectivity index (χ1v) is 15.8. The Labute approximate surface area is 271 Å². The molecule has 7 nitrogen and oxygen atoms in total. The molecule has 9 heteroatoms. The van der Waals surface area contributed by atoms with Crippen molar-refractivity contribution in [3.63, 3.8) is 0 Å². The van der Waals surface area contributed by atoms with Crippen molar-refractivity contribution < 1.29 is 28.7 Å². The Morgan fingerprint density at radius 3 is 2.48 bits per heavy atom. The van der Waals surface area contributed by atoms with Crippen LogP contribution in [0.5, 0.6) is 5.75 Å². The van der Waals surface area contributed by atoms with Gasteiger partial charge < -0.3 is 5.11 Å². The summed E-state index contributed by atoms with van der Waals surface area (Å²) in [5, 5.41) is 11.4. The molecule has 4 aliphatic rings. The maximum absolute atomic E-state index is 14.6. The van der Waals surface area contributed by atoms with E-state index in [1.807, 2.05) is 36.4 Å². The average molecular weight is 639 g/mol. The highest BCUT2D eigenvalue weighted by molar-refractivity contribution is 6.31. The van der Waals surface area contributed by atoms with Crippen LogP contribution in [-0.4, -0.2) is 33.6 Å². The van der Waals surface area contributed by atoms with Crippen LogP contribution in [0.3, 0.4) is 0 Å². The van der Waals surface area contributed by atoms with E-state index in [0.717, 1.165) is 22.1 Å². The van der Waals surface area contributed by atoms with E-state index in [9.17, 15) is 28.7 Å². The minimum Gasteiger partial charge on any atom is -0.507 e. The molecule has 7 rings (SSSR count). The van der Waals surface area contributed by atoms with E-state index >= 15 is 0 Å². The second kappa shape index (κ2) is 11.1. The first-order valence-electron chi connectivity index (χ1n) is 15.4. The SMILES string of the molecule is C=CCc1cccc([C@H]2C3=CC[C@@H]4C(=O)N(Cc5ccccc5)C(=O)[C@@H]4[C@@H]3C[C@H]3C(=O)N(c4ccc(F)c(Cl)c4)C(=O)[C@@]23C)c1O. The molecule has 0 bridgehead atoms. The van der Waals surface area contributed by atoms with Gasteiger partial charge in [-0.2, -0.15) is 0 Å². The van der Waals surface area contributed by atoms with Crippen LogP contribution in [0.2, 0.25) is 5.02 Å². The van der Waals surface area contributed by atoms with Gasteiger partial charge in [0.05, 0.1) is 40.4 Å². The molecule has 0 radical (unpaired) electrons. The Kier molecular flexibility index (Phi) is 7.24. The van der Waals surface area contributed by atoms with Gasteiger partial charge in [0, 0.05) is 11.5 Å². The van der Waals surface area contributed by atoms with Crippen LogP contribution in [0.4, 0.5) is 10.1 Å². The summed E-state index contributed by atoms with van der Waals surface area (Å²) in [7, 11) is 0. The van der Waals surface area contributed by atoms with E-state index in [2.05, 4.69) is 6.58 Å². The number of carbonyl (C=O) groups is 4. The third kappa shape index (κ3) is 4.30. The van der Waals surface area contributed by atoms with Gasteiger partial charge in [0.25, 0.3) is 0 Å². The summed E-state index contributed by atoms with van der Waals surface area (Å²) in [4.78, 5) is 59.1. The predicted molar refractivity (Wildman–Crippen MR) is 170 cm³/mol. The molecule has 234 valence electrons. The standard InChI is InChI=1S/C37H32ClFN2O5/c1-3-8-21-11-7-12-25(32(21)42)31-23-14-15-24-30(35(45)40(33(24)43)19-20-9-5-4-6-10-20)26(23)18-27-34(44)41(36(46)37(27,31)2)22-13-16-29(39)28(38)17-22/h3-7,9-14,16-17,24,26-27,30-31,42H,1,8,15,18-19H2,2H3/t24-,26+,27-,30-,31+,37+/m0/s1. The Balaban J connectivity index is 1.36. The molecular weight excluding hydrogens is 607 g/mol. The van der Waals surface area contributed by atoms with Crippen LogP contribution >= 0.6 is 11.6 Å². The van der Waals surface area contributed by atoms with Gasteiger partial charge in [-0.3, -0.25) is 24.1 Å². The molecule has 3 aromatic rings. The number of anilines is 1. The second-order valence-electron chi connectivity index (χ2n) is 12.9. The lowest BCUT2D eigenvalue weighted by Crippen LogP contribution is -2.48. The quantitative estimate of drug-likeness (QED) is 0.251. The number of fused-ring (bicyclic) bond motifs is 4. The van der Waals surface area contributed by atoms with Gasteiger partial charge >= 0.3 is 0 Å². The van der Waals surface area contributed by atoms with Crippen molar-refractivity contribution in [3.05, 3.63) is 119 Å². The fraction of sp³-hybridized carbons (Fsp3) is 0.297. The molecule has 0 unspecified atom stereocenters. The lowest BCUT2D eigenvalue weighted by atomic mass is 9.51. The third-order valence-electron chi connectivity index (χ3n) is 10.5. The molecule has 1 N–H and O–H groups in total. The molecule has 2 heterocycles. The molecule has 0 aromatic heterocycles. The van der Waals surface area contributed by atoms with Gasteiger partial charge in [-0.15, -0.1) is 6.58 Å². The molecule has 2 aliphatic heterocycles. The van der Waals surface area contributed by atoms with Crippen molar-refractivity contribution in [2.24, 2.45) is 29.1 Å². The van der Waals surface area contributed by atoms with Gasteiger partial charge in [0.15, 0.2) is 0 Å². The van der Waals surface area contributed by atoms with Gasteiger partial charge in [-0.05, 0) is 61.4 Å². The van der Waals surface area contributed by atoms with Gasteiger partial charge in [0.1, 0.15) is 11.6 Å². The topological polar surface area (TPSA) is 95.0 Å². The summed E-state index contributed by atoms with van der Waals surface area (Å²) in [5.41, 5.74) is 1.49. The number of likely N-dealkylation sites (tertiary alicyclic amines) is 1. The number of allylic oxidation sites excluding steroid dienone is 3. The summed E-state index contributed by atoms with van der Waals surface area (Å²) in [6, 6.07) is 18.4. The number of rotatable bonds is 6. The monoisotopic (exact) mass is 638 g/mol. The van der Waals surface area contributed by atoms with Crippen molar-refractivity contribution in [1.82, 2.24) is 4.90 Å². The number of phenols is 1. The highest BCUT2D eigenvalue weighted by atomic mass is 35.5. The van der Waals surface area contributed by atoms with Crippen molar-refractivity contribution >= 4 is 40.9 Å². The number of para-hydroxylation sites is 1. The first-order chi connectivity index (χ1) is 22.1. The molecule has 0 spiro atoms. The number of nitrogens with zero attached hydrogens (tertiary/aromatic N) is 2.